The molecular formula is C12H21N5O. The zero-order chi connectivity index (χ0) is 13.1. The van der Waals surface area contributed by atoms with Crippen LogP contribution in [0.4, 0.5) is 11.6 Å². The van der Waals surface area contributed by atoms with Gasteiger partial charge >= 0.3 is 0 Å². The fourth-order valence-electron chi connectivity index (χ4n) is 2.34. The van der Waals surface area contributed by atoms with E-state index in [1.165, 1.54) is 0 Å². The minimum absolute atomic E-state index is 0.253. The van der Waals surface area contributed by atoms with Crippen molar-refractivity contribution in [2.75, 3.05) is 30.5 Å². The fourth-order valence-corrected chi connectivity index (χ4v) is 2.34. The number of nitrogen functional groups attached to an aromatic ring is 1. The summed E-state index contributed by atoms with van der Waals surface area (Å²) in [6, 6.07) is 1.87. The standard InChI is InChI=1S/C12H21N5O/c1-8-4-5-17(7-10(8)18-3)12-6-11(16-13)14-9(2)15-12/h6,8,10H,4-5,7,13H2,1-3H3,(H,14,15,16). The smallest absolute Gasteiger partial charge is 0.145 e. The van der Waals surface area contributed by atoms with E-state index < -0.39 is 0 Å². The molecule has 2 atom stereocenters. The second-order valence-corrected chi connectivity index (χ2v) is 4.79. The second kappa shape index (κ2) is 5.49. The van der Waals surface area contributed by atoms with Gasteiger partial charge in [0, 0.05) is 26.3 Å². The number of aryl methyl sites for hydroxylation is 1. The SMILES string of the molecule is COC1CN(c2cc(NN)nc(C)n2)CCC1C. The Hall–Kier alpha value is -1.40. The van der Waals surface area contributed by atoms with Crippen LogP contribution in [0.5, 0.6) is 0 Å². The summed E-state index contributed by atoms with van der Waals surface area (Å²) in [6.45, 7) is 5.94. The highest BCUT2D eigenvalue weighted by Crippen LogP contribution is 2.24. The summed E-state index contributed by atoms with van der Waals surface area (Å²) in [6.07, 6.45) is 1.36. The molecule has 1 aliphatic rings. The monoisotopic (exact) mass is 251 g/mol. The van der Waals surface area contributed by atoms with Crippen LogP contribution in [0.1, 0.15) is 19.2 Å². The van der Waals surface area contributed by atoms with Crippen LogP contribution in [0.25, 0.3) is 0 Å². The van der Waals surface area contributed by atoms with E-state index in [1.54, 1.807) is 7.11 Å². The minimum atomic E-state index is 0.253. The molecule has 100 valence electrons. The molecule has 0 aromatic carbocycles. The zero-order valence-corrected chi connectivity index (χ0v) is 11.2. The number of hydrogen-bond donors (Lipinski definition) is 2. The second-order valence-electron chi connectivity index (χ2n) is 4.79. The molecule has 6 heteroatoms. The maximum atomic E-state index is 5.52. The molecular weight excluding hydrogens is 230 g/mol. The lowest BCUT2D eigenvalue weighted by atomic mass is 9.96. The summed E-state index contributed by atoms with van der Waals surface area (Å²) in [5.41, 5.74) is 2.57. The average molecular weight is 251 g/mol. The molecule has 2 unspecified atom stereocenters. The third-order valence-electron chi connectivity index (χ3n) is 3.49. The molecule has 0 spiro atoms. The first-order chi connectivity index (χ1) is 8.63. The molecule has 1 aromatic heterocycles. The number of nitrogens with zero attached hydrogens (tertiary/aromatic N) is 3. The minimum Gasteiger partial charge on any atom is -0.379 e. The van der Waals surface area contributed by atoms with Crippen molar-refractivity contribution in [1.29, 1.82) is 0 Å². The number of rotatable bonds is 3. The van der Waals surface area contributed by atoms with E-state index in [0.717, 1.165) is 25.3 Å². The fraction of sp³-hybridized carbons (Fsp3) is 0.667. The first-order valence-electron chi connectivity index (χ1n) is 6.24. The quantitative estimate of drug-likeness (QED) is 0.615. The molecule has 1 aromatic rings. The van der Waals surface area contributed by atoms with Gasteiger partial charge in [0.05, 0.1) is 6.10 Å². The number of nitrogens with one attached hydrogen (secondary N) is 1. The van der Waals surface area contributed by atoms with Crippen molar-refractivity contribution >= 4 is 11.6 Å². The van der Waals surface area contributed by atoms with Crippen molar-refractivity contribution in [2.24, 2.45) is 11.8 Å². The van der Waals surface area contributed by atoms with Crippen molar-refractivity contribution in [2.45, 2.75) is 26.4 Å². The van der Waals surface area contributed by atoms with Gasteiger partial charge < -0.3 is 15.1 Å². The molecule has 1 saturated heterocycles. The Morgan fingerprint density at radius 3 is 2.94 bits per heavy atom. The molecule has 2 heterocycles. The average Bonchev–Trinajstić information content (AvgIpc) is 2.38. The van der Waals surface area contributed by atoms with Crippen molar-refractivity contribution in [3.63, 3.8) is 0 Å². The predicted molar refractivity (Wildman–Crippen MR) is 71.4 cm³/mol. The van der Waals surface area contributed by atoms with E-state index in [2.05, 4.69) is 27.2 Å². The third kappa shape index (κ3) is 2.70. The van der Waals surface area contributed by atoms with Gasteiger partial charge in [-0.2, -0.15) is 0 Å². The first-order valence-corrected chi connectivity index (χ1v) is 6.24. The van der Waals surface area contributed by atoms with Gasteiger partial charge in [0.25, 0.3) is 0 Å². The molecule has 18 heavy (non-hydrogen) atoms. The van der Waals surface area contributed by atoms with E-state index in [1.807, 2.05) is 13.0 Å². The van der Waals surface area contributed by atoms with Crippen LogP contribution in [-0.2, 0) is 4.74 Å². The third-order valence-corrected chi connectivity index (χ3v) is 3.49. The van der Waals surface area contributed by atoms with Crippen LogP contribution in [0.15, 0.2) is 6.07 Å². The molecule has 0 saturated carbocycles. The lowest BCUT2D eigenvalue weighted by Gasteiger charge is -2.37. The Kier molecular flexibility index (Phi) is 3.98. The van der Waals surface area contributed by atoms with Gasteiger partial charge in [-0.15, -0.1) is 0 Å². The number of nitrogens with two attached hydrogens (primary N) is 1. The number of methoxy groups -OCH3 is 1. The number of ether oxygens (including phenoxy) is 1. The molecule has 3 N–H and O–H groups in total. The highest BCUT2D eigenvalue weighted by atomic mass is 16.5. The van der Waals surface area contributed by atoms with Gasteiger partial charge in [0.15, 0.2) is 0 Å². The topological polar surface area (TPSA) is 76.3 Å². The number of hydrogen-bond acceptors (Lipinski definition) is 6. The maximum Gasteiger partial charge on any atom is 0.145 e. The van der Waals surface area contributed by atoms with Crippen molar-refractivity contribution < 1.29 is 4.74 Å². The Morgan fingerprint density at radius 1 is 1.50 bits per heavy atom. The Labute approximate surface area is 108 Å². The lowest BCUT2D eigenvalue weighted by Crippen LogP contribution is -2.44. The Balaban J connectivity index is 2.18. The molecule has 1 aliphatic heterocycles. The summed E-state index contributed by atoms with van der Waals surface area (Å²) in [5, 5.41) is 0. The van der Waals surface area contributed by atoms with E-state index >= 15 is 0 Å². The van der Waals surface area contributed by atoms with Gasteiger partial charge in [0.2, 0.25) is 0 Å². The number of aromatic nitrogens is 2. The largest absolute Gasteiger partial charge is 0.379 e. The van der Waals surface area contributed by atoms with Crippen molar-refractivity contribution in [3.05, 3.63) is 11.9 Å². The first kappa shape index (κ1) is 13.0. The van der Waals surface area contributed by atoms with Crippen LogP contribution in [0, 0.1) is 12.8 Å². The van der Waals surface area contributed by atoms with Gasteiger partial charge in [0.1, 0.15) is 17.5 Å². The van der Waals surface area contributed by atoms with Gasteiger partial charge in [-0.1, -0.05) is 6.92 Å². The Morgan fingerprint density at radius 2 is 2.28 bits per heavy atom. The van der Waals surface area contributed by atoms with E-state index in [0.29, 0.717) is 17.6 Å². The van der Waals surface area contributed by atoms with Crippen LogP contribution < -0.4 is 16.2 Å². The maximum absolute atomic E-state index is 5.52. The molecule has 0 bridgehead atoms. The predicted octanol–water partition coefficient (Wildman–Crippen LogP) is 0.932. The Bertz CT molecular complexity index is 411. The lowest BCUT2D eigenvalue weighted by molar-refractivity contribution is 0.0496. The number of piperidine rings is 1. The van der Waals surface area contributed by atoms with Gasteiger partial charge in [-0.25, -0.2) is 15.8 Å². The molecule has 0 amide bonds. The van der Waals surface area contributed by atoms with Crippen LogP contribution in [0.2, 0.25) is 0 Å². The summed E-state index contributed by atoms with van der Waals surface area (Å²) in [4.78, 5) is 10.9. The van der Waals surface area contributed by atoms with E-state index in [9.17, 15) is 0 Å². The zero-order valence-electron chi connectivity index (χ0n) is 11.2. The van der Waals surface area contributed by atoms with Gasteiger partial charge in [-0.3, -0.25) is 0 Å². The van der Waals surface area contributed by atoms with Crippen LogP contribution >= 0.6 is 0 Å². The molecule has 0 aliphatic carbocycles. The summed E-state index contributed by atoms with van der Waals surface area (Å²) >= 11 is 0. The number of hydrazine groups is 1. The highest BCUT2D eigenvalue weighted by molar-refractivity contribution is 5.49. The highest BCUT2D eigenvalue weighted by Gasteiger charge is 2.27. The molecule has 2 rings (SSSR count). The van der Waals surface area contributed by atoms with Crippen molar-refractivity contribution in [3.8, 4) is 0 Å². The van der Waals surface area contributed by atoms with E-state index in [-0.39, 0.29) is 6.10 Å². The van der Waals surface area contributed by atoms with Crippen LogP contribution in [-0.4, -0.2) is 36.3 Å². The summed E-state index contributed by atoms with van der Waals surface area (Å²) < 4.78 is 5.52. The van der Waals surface area contributed by atoms with E-state index in [4.69, 9.17) is 10.6 Å². The number of anilines is 2. The molecule has 6 nitrogen and oxygen atoms in total. The molecule has 0 radical (unpaired) electrons. The van der Waals surface area contributed by atoms with Gasteiger partial charge in [-0.05, 0) is 19.3 Å². The molecule has 1 fully saturated rings. The summed E-state index contributed by atoms with van der Waals surface area (Å²) in [7, 11) is 1.77. The van der Waals surface area contributed by atoms with Crippen LogP contribution in [0.3, 0.4) is 0 Å². The normalized spacial score (nSPS) is 24.1. The summed E-state index contributed by atoms with van der Waals surface area (Å²) in [5.74, 6) is 8.26. The van der Waals surface area contributed by atoms with Crippen molar-refractivity contribution in [1.82, 2.24) is 9.97 Å².